The Kier molecular flexibility index (Phi) is 4.06. The molecule has 0 aliphatic carbocycles. The van der Waals surface area contributed by atoms with Crippen molar-refractivity contribution in [2.45, 2.75) is 33.0 Å². The fourth-order valence-corrected chi connectivity index (χ4v) is 0.903. The lowest BCUT2D eigenvalue weighted by atomic mass is 10.2. The summed E-state index contributed by atoms with van der Waals surface area (Å²) >= 11 is 0. The van der Waals surface area contributed by atoms with Gasteiger partial charge >= 0.3 is 12.1 Å². The van der Waals surface area contributed by atoms with E-state index in [0.717, 1.165) is 0 Å². The number of imide groups is 1. The molecule has 0 unspecified atom stereocenters. The van der Waals surface area contributed by atoms with Crippen LogP contribution in [0.25, 0.3) is 0 Å². The van der Waals surface area contributed by atoms with E-state index in [-0.39, 0.29) is 10.5 Å². The molecule has 0 N–H and O–H groups in total. The first-order valence-electron chi connectivity index (χ1n) is 4.19. The molecule has 6 heteroatoms. The summed E-state index contributed by atoms with van der Waals surface area (Å²) in [5.74, 6) is -3.17. The Morgan fingerprint density at radius 2 is 1.67 bits per heavy atom. The summed E-state index contributed by atoms with van der Waals surface area (Å²) in [6.07, 6.45) is -5.05. The van der Waals surface area contributed by atoms with Crippen molar-refractivity contribution in [2.75, 3.05) is 0 Å². The van der Waals surface area contributed by atoms with Gasteiger partial charge in [0.25, 0.3) is 5.91 Å². The van der Waals surface area contributed by atoms with E-state index < -0.39 is 24.0 Å². The molecule has 2 amide bonds. The maximum absolute atomic E-state index is 12.1. The summed E-state index contributed by atoms with van der Waals surface area (Å²) in [4.78, 5) is 22.3. The zero-order valence-electron chi connectivity index (χ0n) is 8.68. The molecule has 0 rings (SSSR count). The van der Waals surface area contributed by atoms with Gasteiger partial charge in [-0.05, 0) is 20.8 Å². The molecule has 0 fully saturated rings. The van der Waals surface area contributed by atoms with Crippen molar-refractivity contribution in [3.05, 3.63) is 12.2 Å². The first kappa shape index (κ1) is 13.7. The highest BCUT2D eigenvalue weighted by molar-refractivity contribution is 6.05. The van der Waals surface area contributed by atoms with Crippen LogP contribution >= 0.6 is 0 Å². The van der Waals surface area contributed by atoms with Crippen LogP contribution in [-0.2, 0) is 9.59 Å². The molecule has 3 nitrogen and oxygen atoms in total. The van der Waals surface area contributed by atoms with Crippen LogP contribution in [0.3, 0.4) is 0 Å². The van der Waals surface area contributed by atoms with Crippen LogP contribution in [0.4, 0.5) is 13.2 Å². The van der Waals surface area contributed by atoms with Gasteiger partial charge in [-0.1, -0.05) is 6.58 Å². The molecule has 0 aliphatic rings. The van der Waals surface area contributed by atoms with Crippen molar-refractivity contribution >= 4 is 11.8 Å². The van der Waals surface area contributed by atoms with Crippen LogP contribution in [0.2, 0.25) is 0 Å². The summed E-state index contributed by atoms with van der Waals surface area (Å²) in [6, 6.07) is -0.858. The molecule has 15 heavy (non-hydrogen) atoms. The minimum Gasteiger partial charge on any atom is -0.269 e. The standard InChI is InChI=1S/C9H12F3NO2/c1-5(2)7(14)13(6(3)4)8(15)9(10,11)12/h6H,1H2,2-4H3. The number of nitrogens with zero attached hydrogens (tertiary/aromatic N) is 1. The molecule has 0 radical (unpaired) electrons. The Morgan fingerprint density at radius 3 is 1.87 bits per heavy atom. The van der Waals surface area contributed by atoms with Crippen LogP contribution in [0, 0.1) is 0 Å². The Labute approximate surface area is 85.5 Å². The number of rotatable bonds is 2. The van der Waals surface area contributed by atoms with Gasteiger partial charge in [-0.25, -0.2) is 0 Å². The molecule has 0 aromatic heterocycles. The van der Waals surface area contributed by atoms with E-state index >= 15 is 0 Å². The van der Waals surface area contributed by atoms with Crippen LogP contribution in [0.15, 0.2) is 12.2 Å². The normalized spacial score (nSPS) is 11.4. The number of alkyl halides is 3. The van der Waals surface area contributed by atoms with Gasteiger partial charge in [0.15, 0.2) is 0 Å². The molecular formula is C9H12F3NO2. The van der Waals surface area contributed by atoms with E-state index in [4.69, 9.17) is 0 Å². The number of halogens is 3. The van der Waals surface area contributed by atoms with Gasteiger partial charge in [0.2, 0.25) is 0 Å². The summed E-state index contributed by atoms with van der Waals surface area (Å²) < 4.78 is 36.3. The van der Waals surface area contributed by atoms with Crippen molar-refractivity contribution in [1.82, 2.24) is 4.90 Å². The Morgan fingerprint density at radius 1 is 1.27 bits per heavy atom. The van der Waals surface area contributed by atoms with E-state index in [1.807, 2.05) is 0 Å². The number of amides is 2. The molecule has 0 saturated heterocycles. The third-order valence-corrected chi connectivity index (χ3v) is 1.56. The molecule has 0 saturated carbocycles. The second-order valence-corrected chi connectivity index (χ2v) is 3.35. The van der Waals surface area contributed by atoms with Crippen LogP contribution in [-0.4, -0.2) is 28.9 Å². The van der Waals surface area contributed by atoms with Crippen LogP contribution in [0.1, 0.15) is 20.8 Å². The minimum absolute atomic E-state index is 0.110. The van der Waals surface area contributed by atoms with E-state index in [9.17, 15) is 22.8 Å². The molecule has 0 atom stereocenters. The predicted octanol–water partition coefficient (Wildman–Crippen LogP) is 1.89. The SMILES string of the molecule is C=C(C)C(=O)N(C(=O)C(F)(F)F)C(C)C. The first-order chi connectivity index (χ1) is 6.59. The summed E-state index contributed by atoms with van der Waals surface area (Å²) in [5.41, 5.74) is -0.110. The lowest BCUT2D eigenvalue weighted by Crippen LogP contribution is -2.48. The first-order valence-corrected chi connectivity index (χ1v) is 4.19. The Hall–Kier alpha value is -1.33. The van der Waals surface area contributed by atoms with Crippen molar-refractivity contribution in [2.24, 2.45) is 0 Å². The highest BCUT2D eigenvalue weighted by Crippen LogP contribution is 2.21. The lowest BCUT2D eigenvalue weighted by molar-refractivity contribution is -0.188. The van der Waals surface area contributed by atoms with Crippen molar-refractivity contribution in [3.8, 4) is 0 Å². The summed E-state index contributed by atoms with van der Waals surface area (Å²) in [7, 11) is 0. The topological polar surface area (TPSA) is 37.4 Å². The van der Waals surface area contributed by atoms with Gasteiger partial charge in [-0.3, -0.25) is 14.5 Å². The van der Waals surface area contributed by atoms with Gasteiger partial charge in [0.05, 0.1) is 0 Å². The quantitative estimate of drug-likeness (QED) is 0.670. The second-order valence-electron chi connectivity index (χ2n) is 3.35. The van der Waals surface area contributed by atoms with Crippen molar-refractivity contribution in [1.29, 1.82) is 0 Å². The Bertz CT molecular complexity index is 294. The van der Waals surface area contributed by atoms with Crippen molar-refractivity contribution in [3.63, 3.8) is 0 Å². The van der Waals surface area contributed by atoms with Crippen LogP contribution in [0.5, 0.6) is 0 Å². The molecule has 0 heterocycles. The zero-order chi connectivity index (χ0) is 12.4. The van der Waals surface area contributed by atoms with Crippen molar-refractivity contribution < 1.29 is 22.8 Å². The number of hydrogen-bond acceptors (Lipinski definition) is 2. The molecule has 0 aromatic carbocycles. The molecule has 86 valence electrons. The summed E-state index contributed by atoms with van der Waals surface area (Å²) in [5, 5.41) is 0. The van der Waals surface area contributed by atoms with Gasteiger partial charge in [0, 0.05) is 11.6 Å². The fraction of sp³-hybridized carbons (Fsp3) is 0.556. The highest BCUT2D eigenvalue weighted by atomic mass is 19.4. The lowest BCUT2D eigenvalue weighted by Gasteiger charge is -2.25. The third-order valence-electron chi connectivity index (χ3n) is 1.56. The highest BCUT2D eigenvalue weighted by Gasteiger charge is 2.45. The fourth-order valence-electron chi connectivity index (χ4n) is 0.903. The van der Waals surface area contributed by atoms with E-state index in [1.165, 1.54) is 20.8 Å². The molecule has 0 bridgehead atoms. The van der Waals surface area contributed by atoms with Gasteiger partial charge in [-0.15, -0.1) is 0 Å². The second kappa shape index (κ2) is 4.46. The van der Waals surface area contributed by atoms with Gasteiger partial charge in [0.1, 0.15) is 0 Å². The Balaban J connectivity index is 5.09. The molecular weight excluding hydrogens is 211 g/mol. The van der Waals surface area contributed by atoms with E-state index in [0.29, 0.717) is 0 Å². The average Bonchev–Trinajstić information content (AvgIpc) is 2.01. The monoisotopic (exact) mass is 223 g/mol. The molecule has 0 aliphatic heterocycles. The minimum atomic E-state index is -5.05. The van der Waals surface area contributed by atoms with Crippen LogP contribution < -0.4 is 0 Å². The number of hydrogen-bond donors (Lipinski definition) is 0. The smallest absolute Gasteiger partial charge is 0.269 e. The predicted molar refractivity (Wildman–Crippen MR) is 47.9 cm³/mol. The van der Waals surface area contributed by atoms with E-state index in [1.54, 1.807) is 0 Å². The third kappa shape index (κ3) is 3.38. The van der Waals surface area contributed by atoms with Gasteiger partial charge in [-0.2, -0.15) is 13.2 Å². The van der Waals surface area contributed by atoms with Gasteiger partial charge < -0.3 is 0 Å². The molecule has 0 aromatic rings. The number of carbonyl (C=O) groups is 2. The number of carbonyl (C=O) groups excluding carboxylic acids is 2. The average molecular weight is 223 g/mol. The zero-order valence-corrected chi connectivity index (χ0v) is 8.68. The molecule has 0 spiro atoms. The largest absolute Gasteiger partial charge is 0.471 e. The maximum Gasteiger partial charge on any atom is 0.471 e. The summed E-state index contributed by atoms with van der Waals surface area (Å²) in [6.45, 7) is 7.11. The maximum atomic E-state index is 12.1. The van der Waals surface area contributed by atoms with E-state index in [2.05, 4.69) is 6.58 Å².